The van der Waals surface area contributed by atoms with E-state index < -0.39 is 0 Å². The molecule has 0 unspecified atom stereocenters. The van der Waals surface area contributed by atoms with Crippen molar-refractivity contribution in [3.05, 3.63) is 42.0 Å². The Morgan fingerprint density at radius 1 is 1.07 bits per heavy atom. The van der Waals surface area contributed by atoms with Crippen LogP contribution in [0.4, 0.5) is 0 Å². The van der Waals surface area contributed by atoms with Gasteiger partial charge in [0.1, 0.15) is 12.4 Å². The summed E-state index contributed by atoms with van der Waals surface area (Å²) < 4.78 is 5.86. The molecule has 0 aromatic heterocycles. The molecule has 6 nitrogen and oxygen atoms in total. The quantitative estimate of drug-likeness (QED) is 0.738. The van der Waals surface area contributed by atoms with E-state index >= 15 is 0 Å². The second-order valence-electron chi connectivity index (χ2n) is 8.37. The lowest BCUT2D eigenvalue weighted by Crippen LogP contribution is -2.51. The summed E-state index contributed by atoms with van der Waals surface area (Å²) in [5.74, 6) is 0.599. The van der Waals surface area contributed by atoms with E-state index in [1.165, 1.54) is 0 Å². The third-order valence-electron chi connectivity index (χ3n) is 6.16. The normalized spacial score (nSPS) is 22.6. The lowest BCUT2D eigenvalue weighted by Gasteiger charge is -2.43. The molecule has 0 saturated carbocycles. The third-order valence-corrected chi connectivity index (χ3v) is 6.16. The molecule has 0 radical (unpaired) electrons. The van der Waals surface area contributed by atoms with Gasteiger partial charge in [0.2, 0.25) is 5.91 Å². The molecule has 0 atom stereocenters. The molecule has 2 heterocycles. The zero-order valence-electron chi connectivity index (χ0n) is 17.8. The Morgan fingerprint density at radius 3 is 2.52 bits per heavy atom. The molecule has 1 aromatic rings. The fourth-order valence-corrected chi connectivity index (χ4v) is 4.19. The van der Waals surface area contributed by atoms with E-state index in [2.05, 4.69) is 30.1 Å². The molecular weight excluding hydrogens is 366 g/mol. The van der Waals surface area contributed by atoms with Crippen molar-refractivity contribution in [3.63, 3.8) is 0 Å². The number of hydrogen-bond donors (Lipinski definition) is 1. The first-order valence-electron chi connectivity index (χ1n) is 10.6. The number of hydrogen-bond acceptors (Lipinski definition) is 4. The molecular formula is C23H33N3O3. The van der Waals surface area contributed by atoms with Crippen LogP contribution in [0, 0.1) is 5.41 Å². The van der Waals surface area contributed by atoms with Gasteiger partial charge in [-0.05, 0) is 58.3 Å². The Balaban J connectivity index is 1.78. The maximum atomic E-state index is 13.4. The molecule has 1 N–H and O–H groups in total. The summed E-state index contributed by atoms with van der Waals surface area (Å²) in [5, 5.41) is 2.92. The number of ether oxygens (including phenoxy) is 1. The Labute approximate surface area is 173 Å². The average Bonchev–Trinajstić information content (AvgIpc) is 2.72. The van der Waals surface area contributed by atoms with Crippen LogP contribution in [0.25, 0.3) is 0 Å². The number of likely N-dealkylation sites (N-methyl/N-ethyl adjacent to an activating group) is 1. The van der Waals surface area contributed by atoms with Crippen molar-refractivity contribution in [2.75, 3.05) is 39.8 Å². The van der Waals surface area contributed by atoms with E-state index in [9.17, 15) is 9.59 Å². The van der Waals surface area contributed by atoms with E-state index in [1.54, 1.807) is 17.0 Å². The minimum atomic E-state index is -0.372. The van der Waals surface area contributed by atoms with Gasteiger partial charge in [-0.2, -0.15) is 0 Å². The Morgan fingerprint density at radius 2 is 1.79 bits per heavy atom. The molecule has 2 aliphatic rings. The van der Waals surface area contributed by atoms with Gasteiger partial charge in [-0.25, -0.2) is 0 Å². The first kappa shape index (κ1) is 21.4. The number of carbonyl (C=O) groups is 2. The molecule has 0 bridgehead atoms. The number of para-hydroxylation sites is 1. The predicted octanol–water partition coefficient (Wildman–Crippen LogP) is 2.70. The van der Waals surface area contributed by atoms with Gasteiger partial charge in [-0.15, -0.1) is 0 Å². The molecule has 1 fully saturated rings. The van der Waals surface area contributed by atoms with Crippen LogP contribution >= 0.6 is 0 Å². The Hall–Kier alpha value is -2.34. The van der Waals surface area contributed by atoms with Crippen molar-refractivity contribution in [1.29, 1.82) is 0 Å². The summed E-state index contributed by atoms with van der Waals surface area (Å²) in [6.45, 7) is 7.57. The van der Waals surface area contributed by atoms with E-state index in [4.69, 9.17) is 4.74 Å². The Bertz CT molecular complexity index is 751. The van der Waals surface area contributed by atoms with Crippen molar-refractivity contribution in [1.82, 2.24) is 15.1 Å². The van der Waals surface area contributed by atoms with Crippen LogP contribution < -0.4 is 10.1 Å². The molecule has 29 heavy (non-hydrogen) atoms. The number of likely N-dealkylation sites (tertiary alicyclic amines) is 1. The lowest BCUT2D eigenvalue weighted by atomic mass is 9.74. The van der Waals surface area contributed by atoms with Gasteiger partial charge in [-0.1, -0.05) is 24.3 Å². The van der Waals surface area contributed by atoms with Gasteiger partial charge < -0.3 is 19.9 Å². The minimum Gasteiger partial charge on any atom is -0.491 e. The summed E-state index contributed by atoms with van der Waals surface area (Å²) in [7, 11) is 1.86. The summed E-state index contributed by atoms with van der Waals surface area (Å²) in [6.07, 6.45) is 6.43. The number of carbonyl (C=O) groups excluding carboxylic acids is 2. The molecule has 6 heteroatoms. The highest BCUT2D eigenvalue weighted by molar-refractivity contribution is 5.97. The highest BCUT2D eigenvalue weighted by Crippen LogP contribution is 2.38. The van der Waals surface area contributed by atoms with Crippen LogP contribution in [0.3, 0.4) is 0 Å². The molecule has 3 rings (SSSR count). The summed E-state index contributed by atoms with van der Waals surface area (Å²) in [5.41, 5.74) is 0.146. The van der Waals surface area contributed by atoms with Crippen LogP contribution in [-0.4, -0.2) is 67.5 Å². The Kier molecular flexibility index (Phi) is 6.96. The molecule has 2 amide bonds. The monoisotopic (exact) mass is 399 g/mol. The van der Waals surface area contributed by atoms with Crippen LogP contribution in [-0.2, 0) is 4.79 Å². The second-order valence-corrected chi connectivity index (χ2v) is 8.37. The van der Waals surface area contributed by atoms with E-state index in [0.29, 0.717) is 43.5 Å². The maximum absolute atomic E-state index is 13.4. The second kappa shape index (κ2) is 9.44. The van der Waals surface area contributed by atoms with E-state index in [1.807, 2.05) is 25.3 Å². The van der Waals surface area contributed by atoms with Crippen molar-refractivity contribution in [3.8, 4) is 5.75 Å². The van der Waals surface area contributed by atoms with Crippen LogP contribution in [0.1, 0.15) is 43.5 Å². The maximum Gasteiger partial charge on any atom is 0.255 e. The van der Waals surface area contributed by atoms with E-state index in [-0.39, 0.29) is 17.2 Å². The number of allylic oxidation sites excluding steroid dienone is 1. The number of fused-ring (bicyclic) bond motifs is 1. The third kappa shape index (κ3) is 4.99. The van der Waals surface area contributed by atoms with Crippen LogP contribution in [0.2, 0.25) is 0 Å². The van der Waals surface area contributed by atoms with Gasteiger partial charge >= 0.3 is 0 Å². The zero-order valence-corrected chi connectivity index (χ0v) is 17.8. The summed E-state index contributed by atoms with van der Waals surface area (Å²) in [4.78, 5) is 30.1. The smallest absolute Gasteiger partial charge is 0.255 e. The van der Waals surface area contributed by atoms with Crippen LogP contribution in [0.5, 0.6) is 5.75 Å². The molecule has 158 valence electrons. The fourth-order valence-electron chi connectivity index (χ4n) is 4.19. The summed E-state index contributed by atoms with van der Waals surface area (Å²) >= 11 is 0. The number of benzene rings is 1. The molecule has 1 aromatic carbocycles. The molecule has 2 aliphatic heterocycles. The SMILES string of the molecule is CC(C)N1CCC2(C/C=C/CNC(=O)c3ccccc3OCCN(C)C2=O)CC1. The molecule has 0 aliphatic carbocycles. The highest BCUT2D eigenvalue weighted by atomic mass is 16.5. The highest BCUT2D eigenvalue weighted by Gasteiger charge is 2.42. The predicted molar refractivity (Wildman–Crippen MR) is 114 cm³/mol. The number of nitrogens with zero attached hydrogens (tertiary/aromatic N) is 2. The topological polar surface area (TPSA) is 61.9 Å². The zero-order chi connectivity index (χ0) is 20.9. The molecule has 1 saturated heterocycles. The van der Waals surface area contributed by atoms with Crippen molar-refractivity contribution < 1.29 is 14.3 Å². The lowest BCUT2D eigenvalue weighted by molar-refractivity contribution is -0.144. The summed E-state index contributed by atoms with van der Waals surface area (Å²) in [6, 6.07) is 7.72. The molecule has 1 spiro atoms. The fraction of sp³-hybridized carbons (Fsp3) is 0.565. The van der Waals surface area contributed by atoms with E-state index in [0.717, 1.165) is 25.9 Å². The number of amides is 2. The van der Waals surface area contributed by atoms with Gasteiger partial charge in [0.15, 0.2) is 0 Å². The van der Waals surface area contributed by atoms with Crippen molar-refractivity contribution in [2.24, 2.45) is 5.41 Å². The van der Waals surface area contributed by atoms with Gasteiger partial charge in [0.05, 0.1) is 17.5 Å². The first-order valence-corrected chi connectivity index (χ1v) is 10.6. The number of piperidine rings is 1. The first-order chi connectivity index (χ1) is 13.9. The number of rotatable bonds is 1. The largest absolute Gasteiger partial charge is 0.491 e. The minimum absolute atomic E-state index is 0.147. The van der Waals surface area contributed by atoms with Gasteiger partial charge in [0.25, 0.3) is 5.91 Å². The van der Waals surface area contributed by atoms with Gasteiger partial charge in [0, 0.05) is 19.6 Å². The van der Waals surface area contributed by atoms with Crippen LogP contribution in [0.15, 0.2) is 36.4 Å². The van der Waals surface area contributed by atoms with Crippen molar-refractivity contribution >= 4 is 11.8 Å². The standard InChI is InChI=1S/C23H33N3O3/c1-18(2)26-14-11-23(12-15-26)10-6-7-13-24-21(27)19-8-4-5-9-20(19)29-17-16-25(3)22(23)28/h4-9,18H,10-17H2,1-3H3,(H,24,27)/b7-6+. The van der Waals surface area contributed by atoms with Crippen molar-refractivity contribution in [2.45, 2.75) is 39.2 Å². The number of nitrogens with one attached hydrogen (secondary N) is 1. The average molecular weight is 400 g/mol. The van der Waals surface area contributed by atoms with Gasteiger partial charge in [-0.3, -0.25) is 9.59 Å².